The summed E-state index contributed by atoms with van der Waals surface area (Å²) in [5.74, 6) is 0.716. The summed E-state index contributed by atoms with van der Waals surface area (Å²) in [6, 6.07) is 10.5. The Hall–Kier alpha value is -2.01. The van der Waals surface area contributed by atoms with Crippen molar-refractivity contribution in [2.45, 2.75) is 12.3 Å². The lowest BCUT2D eigenvalue weighted by atomic mass is 9.86. The summed E-state index contributed by atoms with van der Waals surface area (Å²) >= 11 is 3.45. The molecular formula is C16H13BrO4. The van der Waals surface area contributed by atoms with E-state index in [2.05, 4.69) is 15.9 Å². The van der Waals surface area contributed by atoms with Gasteiger partial charge in [-0.15, -0.1) is 0 Å². The van der Waals surface area contributed by atoms with Gasteiger partial charge in [0.1, 0.15) is 17.2 Å². The highest BCUT2D eigenvalue weighted by Crippen LogP contribution is 2.43. The average Bonchev–Trinajstić information content (AvgIpc) is 2.45. The van der Waals surface area contributed by atoms with Crippen LogP contribution in [0.1, 0.15) is 23.5 Å². The fourth-order valence-electron chi connectivity index (χ4n) is 2.60. The average molecular weight is 349 g/mol. The van der Waals surface area contributed by atoms with Crippen molar-refractivity contribution >= 4 is 21.9 Å². The van der Waals surface area contributed by atoms with Crippen LogP contribution < -0.4 is 9.47 Å². The van der Waals surface area contributed by atoms with Gasteiger partial charge in [0, 0.05) is 27.6 Å². The van der Waals surface area contributed by atoms with Gasteiger partial charge < -0.3 is 14.6 Å². The molecule has 0 saturated carbocycles. The Balaban J connectivity index is 2.16. The molecule has 0 bridgehead atoms. The number of benzene rings is 2. The Morgan fingerprint density at radius 1 is 1.24 bits per heavy atom. The first kappa shape index (κ1) is 13.9. The number of methoxy groups -OCH3 is 1. The summed E-state index contributed by atoms with van der Waals surface area (Å²) in [5.41, 5.74) is 1.78. The number of halogens is 1. The second-order valence-electron chi connectivity index (χ2n) is 4.84. The van der Waals surface area contributed by atoms with Crippen molar-refractivity contribution in [2.24, 2.45) is 0 Å². The number of aromatic hydroxyl groups is 1. The predicted molar refractivity (Wildman–Crippen MR) is 80.9 cm³/mol. The van der Waals surface area contributed by atoms with E-state index >= 15 is 0 Å². The third-order valence-corrected chi connectivity index (χ3v) is 4.03. The van der Waals surface area contributed by atoms with E-state index in [0.29, 0.717) is 5.75 Å². The van der Waals surface area contributed by atoms with Crippen molar-refractivity contribution in [3.8, 4) is 17.2 Å². The summed E-state index contributed by atoms with van der Waals surface area (Å²) in [6.07, 6.45) is 0.241. The van der Waals surface area contributed by atoms with Crippen molar-refractivity contribution in [1.29, 1.82) is 0 Å². The van der Waals surface area contributed by atoms with Crippen molar-refractivity contribution in [1.82, 2.24) is 0 Å². The van der Waals surface area contributed by atoms with Gasteiger partial charge in [0.15, 0.2) is 0 Å². The molecule has 1 aliphatic rings. The number of phenolic OH excluding ortho intramolecular Hbond substituents is 1. The van der Waals surface area contributed by atoms with Crippen LogP contribution in [0.15, 0.2) is 40.9 Å². The molecule has 0 radical (unpaired) electrons. The maximum absolute atomic E-state index is 11.8. The molecule has 21 heavy (non-hydrogen) atoms. The highest BCUT2D eigenvalue weighted by Gasteiger charge is 2.30. The van der Waals surface area contributed by atoms with E-state index in [1.807, 2.05) is 18.2 Å². The van der Waals surface area contributed by atoms with Crippen LogP contribution in [-0.2, 0) is 4.79 Å². The van der Waals surface area contributed by atoms with E-state index in [1.54, 1.807) is 19.2 Å². The molecule has 0 amide bonds. The van der Waals surface area contributed by atoms with Crippen molar-refractivity contribution in [3.05, 3.63) is 52.0 Å². The molecule has 1 atom stereocenters. The topological polar surface area (TPSA) is 55.8 Å². The maximum atomic E-state index is 11.8. The first-order valence-corrected chi connectivity index (χ1v) is 7.25. The molecule has 1 aliphatic heterocycles. The summed E-state index contributed by atoms with van der Waals surface area (Å²) in [5, 5.41) is 9.55. The number of carbonyl (C=O) groups is 1. The summed E-state index contributed by atoms with van der Waals surface area (Å²) in [7, 11) is 1.60. The van der Waals surface area contributed by atoms with Crippen LogP contribution in [0, 0.1) is 0 Å². The Morgan fingerprint density at radius 3 is 2.81 bits per heavy atom. The van der Waals surface area contributed by atoms with Crippen LogP contribution in [0.4, 0.5) is 0 Å². The van der Waals surface area contributed by atoms with Crippen LogP contribution in [0.2, 0.25) is 0 Å². The zero-order valence-corrected chi connectivity index (χ0v) is 12.9. The number of ether oxygens (including phenoxy) is 2. The summed E-state index contributed by atoms with van der Waals surface area (Å²) in [4.78, 5) is 11.8. The molecule has 108 valence electrons. The maximum Gasteiger partial charge on any atom is 0.312 e. The molecule has 0 aromatic heterocycles. The number of hydrogen-bond donors (Lipinski definition) is 1. The Bertz CT molecular complexity index is 711. The van der Waals surface area contributed by atoms with Gasteiger partial charge in [-0.1, -0.05) is 22.0 Å². The van der Waals surface area contributed by atoms with E-state index < -0.39 is 0 Å². The smallest absolute Gasteiger partial charge is 0.312 e. The molecule has 0 fully saturated rings. The number of carbonyl (C=O) groups excluding carboxylic acids is 1. The number of phenols is 1. The fourth-order valence-corrected chi connectivity index (χ4v) is 2.97. The van der Waals surface area contributed by atoms with Crippen LogP contribution >= 0.6 is 15.9 Å². The summed E-state index contributed by atoms with van der Waals surface area (Å²) < 4.78 is 11.5. The van der Waals surface area contributed by atoms with Gasteiger partial charge in [0.05, 0.1) is 13.5 Å². The van der Waals surface area contributed by atoms with Crippen LogP contribution in [-0.4, -0.2) is 18.2 Å². The van der Waals surface area contributed by atoms with Gasteiger partial charge in [-0.05, 0) is 24.3 Å². The molecule has 0 spiro atoms. The van der Waals surface area contributed by atoms with Crippen molar-refractivity contribution < 1.29 is 19.4 Å². The van der Waals surface area contributed by atoms with Gasteiger partial charge in [0.2, 0.25) is 0 Å². The molecule has 3 rings (SSSR count). The third-order valence-electron chi connectivity index (χ3n) is 3.53. The number of fused-ring (bicyclic) bond motifs is 1. The predicted octanol–water partition coefficient (Wildman–Crippen LogP) is 3.60. The second-order valence-corrected chi connectivity index (χ2v) is 5.75. The van der Waals surface area contributed by atoms with Gasteiger partial charge in [-0.25, -0.2) is 0 Å². The molecule has 2 aromatic carbocycles. The van der Waals surface area contributed by atoms with Crippen LogP contribution in [0.25, 0.3) is 0 Å². The third kappa shape index (κ3) is 2.61. The number of esters is 1. The van der Waals surface area contributed by atoms with Crippen molar-refractivity contribution in [2.75, 3.05) is 7.11 Å². The quantitative estimate of drug-likeness (QED) is 0.665. The lowest BCUT2D eigenvalue weighted by Gasteiger charge is -2.26. The molecule has 1 N–H and O–H groups in total. The van der Waals surface area contributed by atoms with E-state index in [-0.39, 0.29) is 24.1 Å². The van der Waals surface area contributed by atoms with E-state index in [0.717, 1.165) is 21.3 Å². The molecular weight excluding hydrogens is 336 g/mol. The molecule has 1 heterocycles. The van der Waals surface area contributed by atoms with Crippen LogP contribution in [0.5, 0.6) is 17.2 Å². The Labute approximate surface area is 130 Å². The molecule has 0 saturated heterocycles. The Morgan fingerprint density at radius 2 is 2.05 bits per heavy atom. The minimum Gasteiger partial charge on any atom is -0.508 e. The van der Waals surface area contributed by atoms with Crippen LogP contribution in [0.3, 0.4) is 0 Å². The van der Waals surface area contributed by atoms with Gasteiger partial charge >= 0.3 is 5.97 Å². The Kier molecular flexibility index (Phi) is 3.59. The standard InChI is InChI=1S/C16H13BrO4/c1-20-14-5-2-9(17)6-13(14)12-8-16(19)21-15-7-10(18)3-4-11(12)15/h2-7,12,18H,8H2,1H3. The SMILES string of the molecule is COc1ccc(Br)cc1C1CC(=O)Oc2cc(O)ccc21. The zero-order chi connectivity index (χ0) is 15.0. The molecule has 2 aromatic rings. The summed E-state index contributed by atoms with van der Waals surface area (Å²) in [6.45, 7) is 0. The van der Waals surface area contributed by atoms with Gasteiger partial charge in [-0.3, -0.25) is 4.79 Å². The van der Waals surface area contributed by atoms with Gasteiger partial charge in [0.25, 0.3) is 0 Å². The molecule has 1 unspecified atom stereocenters. The lowest BCUT2D eigenvalue weighted by Crippen LogP contribution is -2.21. The van der Waals surface area contributed by atoms with Gasteiger partial charge in [-0.2, -0.15) is 0 Å². The fraction of sp³-hybridized carbons (Fsp3) is 0.188. The van der Waals surface area contributed by atoms with E-state index in [4.69, 9.17) is 9.47 Å². The first-order chi connectivity index (χ1) is 10.1. The molecule has 5 heteroatoms. The minimum absolute atomic E-state index is 0.0726. The highest BCUT2D eigenvalue weighted by molar-refractivity contribution is 9.10. The van der Waals surface area contributed by atoms with Crippen molar-refractivity contribution in [3.63, 3.8) is 0 Å². The minimum atomic E-state index is -0.319. The number of rotatable bonds is 2. The second kappa shape index (κ2) is 5.41. The highest BCUT2D eigenvalue weighted by atomic mass is 79.9. The largest absolute Gasteiger partial charge is 0.508 e. The first-order valence-electron chi connectivity index (χ1n) is 6.45. The zero-order valence-electron chi connectivity index (χ0n) is 11.3. The molecule has 4 nitrogen and oxygen atoms in total. The normalized spacial score (nSPS) is 17.0. The molecule has 0 aliphatic carbocycles. The number of hydrogen-bond acceptors (Lipinski definition) is 4. The lowest BCUT2D eigenvalue weighted by molar-refractivity contribution is -0.135. The van der Waals surface area contributed by atoms with E-state index in [9.17, 15) is 9.90 Å². The monoisotopic (exact) mass is 348 g/mol. The van der Waals surface area contributed by atoms with E-state index in [1.165, 1.54) is 6.07 Å².